The Kier molecular flexibility index (Phi) is 3.80. The van der Waals surface area contributed by atoms with Crippen molar-refractivity contribution >= 4 is 40.0 Å². The number of hydrogen-bond acceptors (Lipinski definition) is 2. The molecular weight excluding hydrogens is 321 g/mol. The molecular formula is C16H15Cl2N3O. The van der Waals surface area contributed by atoms with Gasteiger partial charge in [0.1, 0.15) is 0 Å². The van der Waals surface area contributed by atoms with Crippen LogP contribution in [0.3, 0.4) is 0 Å². The fraction of sp³-hybridized carbons (Fsp3) is 0.375. The van der Waals surface area contributed by atoms with E-state index in [1.807, 2.05) is 13.8 Å². The van der Waals surface area contributed by atoms with Gasteiger partial charge >= 0.3 is 0 Å². The highest BCUT2D eigenvalue weighted by atomic mass is 35.5. The van der Waals surface area contributed by atoms with Crippen LogP contribution >= 0.6 is 23.2 Å². The molecule has 0 fully saturated rings. The molecule has 0 saturated carbocycles. The van der Waals surface area contributed by atoms with Crippen LogP contribution in [0.2, 0.25) is 10.0 Å². The van der Waals surface area contributed by atoms with Gasteiger partial charge in [-0.3, -0.25) is 4.79 Å². The first-order valence-corrected chi connectivity index (χ1v) is 7.88. The maximum Gasteiger partial charge on any atom is 0.227 e. The molecule has 0 saturated heterocycles. The number of hydrogen-bond donors (Lipinski definition) is 2. The minimum atomic E-state index is -0.302. The molecule has 6 heteroatoms. The molecule has 2 N–H and O–H groups in total. The predicted molar refractivity (Wildman–Crippen MR) is 87.5 cm³/mol. The summed E-state index contributed by atoms with van der Waals surface area (Å²) < 4.78 is 0. The fourth-order valence-electron chi connectivity index (χ4n) is 3.14. The molecule has 22 heavy (non-hydrogen) atoms. The lowest BCUT2D eigenvalue weighted by molar-refractivity contribution is -0.122. The Bertz CT molecular complexity index is 819. The summed E-state index contributed by atoms with van der Waals surface area (Å²) in [7, 11) is 0. The molecule has 1 amide bonds. The number of halogens is 2. The van der Waals surface area contributed by atoms with Crippen molar-refractivity contribution in [3.8, 4) is 6.07 Å². The van der Waals surface area contributed by atoms with E-state index >= 15 is 0 Å². The normalized spacial score (nSPS) is 21.1. The van der Waals surface area contributed by atoms with E-state index in [2.05, 4.69) is 16.4 Å². The van der Waals surface area contributed by atoms with E-state index < -0.39 is 0 Å². The van der Waals surface area contributed by atoms with Gasteiger partial charge in [0.15, 0.2) is 0 Å². The van der Waals surface area contributed by atoms with Crippen molar-refractivity contribution < 1.29 is 4.79 Å². The number of rotatable bonds is 1. The zero-order valence-electron chi connectivity index (χ0n) is 12.3. The number of aromatic amines is 1. The molecule has 2 aromatic rings. The molecule has 0 aliphatic carbocycles. The minimum absolute atomic E-state index is 0.0134. The predicted octanol–water partition coefficient (Wildman–Crippen LogP) is 3.88. The summed E-state index contributed by atoms with van der Waals surface area (Å²) in [6, 6.07) is 3.88. The quantitative estimate of drug-likeness (QED) is 0.830. The zero-order chi connectivity index (χ0) is 16.0. The molecule has 0 radical (unpaired) electrons. The van der Waals surface area contributed by atoms with E-state index in [4.69, 9.17) is 28.5 Å². The van der Waals surface area contributed by atoms with Crippen LogP contribution in [0.4, 0.5) is 0 Å². The van der Waals surface area contributed by atoms with Crippen LogP contribution in [0.15, 0.2) is 6.07 Å². The van der Waals surface area contributed by atoms with Gasteiger partial charge in [-0.15, -0.1) is 0 Å². The third-order valence-electron chi connectivity index (χ3n) is 4.29. The third-order valence-corrected chi connectivity index (χ3v) is 5.08. The Morgan fingerprint density at radius 2 is 2.14 bits per heavy atom. The van der Waals surface area contributed by atoms with Crippen molar-refractivity contribution in [3.63, 3.8) is 0 Å². The first kappa shape index (κ1) is 15.2. The summed E-state index contributed by atoms with van der Waals surface area (Å²) in [6.07, 6.45) is 0.223. The second-order valence-corrected chi connectivity index (χ2v) is 6.52. The van der Waals surface area contributed by atoms with Gasteiger partial charge in [-0.05, 0) is 24.1 Å². The van der Waals surface area contributed by atoms with Crippen LogP contribution in [0.25, 0.3) is 10.9 Å². The second-order valence-electron chi connectivity index (χ2n) is 5.74. The number of carbonyl (C=O) groups is 1. The summed E-state index contributed by atoms with van der Waals surface area (Å²) in [5.74, 6) is -0.176. The lowest BCUT2D eigenvalue weighted by Gasteiger charge is -2.11. The van der Waals surface area contributed by atoms with Crippen LogP contribution in [-0.2, 0) is 11.2 Å². The standard InChI is InChI=1S/C16H15Cl2N3O/c1-7-6-20-16(22)8(2)11-12-9(3-4-19)5-10(17)13(18)15(12)21-14(7)11/h5,7-8,21H,3,6H2,1-2H3,(H,20,22)/t7-,8-/m1/s1. The van der Waals surface area contributed by atoms with Gasteiger partial charge in [-0.2, -0.15) is 5.26 Å². The average Bonchev–Trinajstić information content (AvgIpc) is 2.85. The number of aromatic nitrogens is 1. The highest BCUT2D eigenvalue weighted by Gasteiger charge is 2.31. The molecule has 0 unspecified atom stereocenters. The zero-order valence-corrected chi connectivity index (χ0v) is 13.8. The first-order chi connectivity index (χ1) is 10.5. The van der Waals surface area contributed by atoms with Crippen molar-refractivity contribution in [3.05, 3.63) is 32.9 Å². The first-order valence-electron chi connectivity index (χ1n) is 7.12. The van der Waals surface area contributed by atoms with Crippen molar-refractivity contribution in [1.82, 2.24) is 10.3 Å². The largest absolute Gasteiger partial charge is 0.357 e. The Morgan fingerprint density at radius 1 is 1.41 bits per heavy atom. The van der Waals surface area contributed by atoms with Crippen LogP contribution < -0.4 is 5.32 Å². The molecule has 114 valence electrons. The molecule has 2 heterocycles. The van der Waals surface area contributed by atoms with E-state index in [9.17, 15) is 4.79 Å². The number of benzene rings is 1. The fourth-order valence-corrected chi connectivity index (χ4v) is 3.57. The summed E-state index contributed by atoms with van der Waals surface area (Å²) >= 11 is 12.5. The van der Waals surface area contributed by atoms with Crippen molar-refractivity contribution in [2.24, 2.45) is 0 Å². The van der Waals surface area contributed by atoms with Crippen LogP contribution in [0.1, 0.15) is 42.5 Å². The number of carbonyl (C=O) groups excluding carboxylic acids is 1. The number of fused-ring (bicyclic) bond motifs is 3. The number of amides is 1. The van der Waals surface area contributed by atoms with Gasteiger partial charge < -0.3 is 10.3 Å². The SMILES string of the molecule is C[C@@H]1CNC(=O)[C@H](C)c2c1[nH]c1c(Cl)c(Cl)cc(CC#N)c21. The van der Waals surface area contributed by atoms with Gasteiger partial charge in [0, 0.05) is 23.5 Å². The molecule has 2 atom stereocenters. The minimum Gasteiger partial charge on any atom is -0.357 e. The average molecular weight is 336 g/mol. The molecule has 1 aliphatic rings. The van der Waals surface area contributed by atoms with Gasteiger partial charge in [-0.1, -0.05) is 30.1 Å². The Balaban J connectivity index is 2.43. The summed E-state index contributed by atoms with van der Waals surface area (Å²) in [5, 5.41) is 13.7. The van der Waals surface area contributed by atoms with Crippen LogP contribution in [-0.4, -0.2) is 17.4 Å². The van der Waals surface area contributed by atoms with Crippen LogP contribution in [0, 0.1) is 11.3 Å². The molecule has 1 aromatic heterocycles. The number of nitrogens with one attached hydrogen (secondary N) is 2. The summed E-state index contributed by atoms with van der Waals surface area (Å²) in [6.45, 7) is 4.49. The number of H-pyrrole nitrogens is 1. The number of nitriles is 1. The van der Waals surface area contributed by atoms with Gasteiger partial charge in [0.25, 0.3) is 0 Å². The Morgan fingerprint density at radius 3 is 2.82 bits per heavy atom. The highest BCUT2D eigenvalue weighted by molar-refractivity contribution is 6.45. The van der Waals surface area contributed by atoms with Crippen molar-refractivity contribution in [1.29, 1.82) is 5.26 Å². The van der Waals surface area contributed by atoms with E-state index in [1.54, 1.807) is 6.07 Å². The van der Waals surface area contributed by atoms with Crippen molar-refractivity contribution in [2.45, 2.75) is 32.1 Å². The monoisotopic (exact) mass is 335 g/mol. The van der Waals surface area contributed by atoms with E-state index in [0.717, 1.165) is 27.7 Å². The number of nitrogens with zero attached hydrogens (tertiary/aromatic N) is 1. The molecule has 1 aromatic carbocycles. The Labute approximate surface area is 138 Å². The van der Waals surface area contributed by atoms with Gasteiger partial charge in [0.05, 0.1) is 34.0 Å². The maximum atomic E-state index is 12.2. The Hall–Kier alpha value is -1.70. The third kappa shape index (κ3) is 2.16. The maximum absolute atomic E-state index is 12.2. The summed E-state index contributed by atoms with van der Waals surface area (Å²) in [4.78, 5) is 15.6. The molecule has 4 nitrogen and oxygen atoms in total. The van der Waals surface area contributed by atoms with Crippen molar-refractivity contribution in [2.75, 3.05) is 6.54 Å². The van der Waals surface area contributed by atoms with Gasteiger partial charge in [0.2, 0.25) is 5.91 Å². The molecule has 0 spiro atoms. The van der Waals surface area contributed by atoms with E-state index in [1.165, 1.54) is 0 Å². The molecule has 0 bridgehead atoms. The van der Waals surface area contributed by atoms with Gasteiger partial charge in [-0.25, -0.2) is 0 Å². The smallest absolute Gasteiger partial charge is 0.227 e. The second kappa shape index (κ2) is 5.49. The highest BCUT2D eigenvalue weighted by Crippen LogP contribution is 2.42. The lowest BCUT2D eigenvalue weighted by atomic mass is 9.91. The summed E-state index contributed by atoms with van der Waals surface area (Å²) in [5.41, 5.74) is 3.45. The van der Waals surface area contributed by atoms with E-state index in [0.29, 0.717) is 16.6 Å². The molecule has 1 aliphatic heterocycles. The lowest BCUT2D eigenvalue weighted by Crippen LogP contribution is -2.27. The molecule has 3 rings (SSSR count). The van der Waals surface area contributed by atoms with Crippen LogP contribution in [0.5, 0.6) is 0 Å². The van der Waals surface area contributed by atoms with E-state index in [-0.39, 0.29) is 24.2 Å². The topological polar surface area (TPSA) is 68.7 Å².